The predicted octanol–water partition coefficient (Wildman–Crippen LogP) is 2.50. The fraction of sp³-hybridized carbons (Fsp3) is 0.391. The van der Waals surface area contributed by atoms with Gasteiger partial charge in [0.05, 0.1) is 12.7 Å². The molecule has 1 saturated heterocycles. The minimum atomic E-state index is -0.921. The summed E-state index contributed by atoms with van der Waals surface area (Å²) in [4.78, 5) is 49.6. The fourth-order valence-electron chi connectivity index (χ4n) is 3.49. The van der Waals surface area contributed by atoms with E-state index in [9.17, 15) is 14.4 Å². The Kier molecular flexibility index (Phi) is 8.76. The van der Waals surface area contributed by atoms with E-state index in [-0.39, 0.29) is 42.0 Å². The van der Waals surface area contributed by atoms with Crippen LogP contribution in [0.4, 0.5) is 4.79 Å². The molecule has 34 heavy (non-hydrogen) atoms. The molecule has 1 N–H and O–H groups in total. The number of benzene rings is 1. The molecule has 0 bridgehead atoms. The number of nitrogens with one attached hydrogen (secondary N) is 1. The summed E-state index contributed by atoms with van der Waals surface area (Å²) in [5, 5.41) is 11.8. The Morgan fingerprint density at radius 1 is 1.15 bits per heavy atom. The number of ether oxygens (including phenoxy) is 1. The highest BCUT2D eigenvalue weighted by atomic mass is 35.5. The van der Waals surface area contributed by atoms with E-state index < -0.39 is 18.0 Å². The SMILES string of the molecule is CCOC(=O)N1CCN(C(=O)C(CCC#N)NC(=O)c2cc(Cl)nc(-c3ccccc3)n2)CC1. The number of carbonyl (C=O) groups is 3. The maximum atomic E-state index is 13.1. The molecular formula is C23H25ClN6O4. The van der Waals surface area contributed by atoms with Gasteiger partial charge in [-0.05, 0) is 13.3 Å². The van der Waals surface area contributed by atoms with Crippen LogP contribution >= 0.6 is 11.6 Å². The quantitative estimate of drug-likeness (QED) is 0.598. The van der Waals surface area contributed by atoms with E-state index in [0.29, 0.717) is 31.7 Å². The summed E-state index contributed by atoms with van der Waals surface area (Å²) >= 11 is 6.12. The number of amides is 3. The average Bonchev–Trinajstić information content (AvgIpc) is 2.86. The van der Waals surface area contributed by atoms with E-state index in [1.807, 2.05) is 24.3 Å². The van der Waals surface area contributed by atoms with Gasteiger partial charge in [-0.3, -0.25) is 9.59 Å². The second-order valence-corrected chi connectivity index (χ2v) is 7.89. The van der Waals surface area contributed by atoms with Crippen LogP contribution in [0.25, 0.3) is 11.4 Å². The Labute approximate surface area is 202 Å². The first-order valence-corrected chi connectivity index (χ1v) is 11.3. The van der Waals surface area contributed by atoms with Gasteiger partial charge in [0.2, 0.25) is 5.91 Å². The third kappa shape index (κ3) is 6.42. The molecule has 3 rings (SSSR count). The zero-order valence-corrected chi connectivity index (χ0v) is 19.5. The van der Waals surface area contributed by atoms with Gasteiger partial charge >= 0.3 is 6.09 Å². The number of nitriles is 1. The van der Waals surface area contributed by atoms with E-state index >= 15 is 0 Å². The highest BCUT2D eigenvalue weighted by Gasteiger charge is 2.30. The maximum absolute atomic E-state index is 13.1. The highest BCUT2D eigenvalue weighted by molar-refractivity contribution is 6.29. The molecule has 0 spiro atoms. The summed E-state index contributed by atoms with van der Waals surface area (Å²) in [7, 11) is 0. The molecule has 1 aliphatic heterocycles. The van der Waals surface area contributed by atoms with Crippen molar-refractivity contribution in [3.8, 4) is 17.5 Å². The smallest absolute Gasteiger partial charge is 0.409 e. The number of carbonyl (C=O) groups excluding carboxylic acids is 3. The first kappa shape index (κ1) is 24.9. The molecule has 10 nitrogen and oxygen atoms in total. The minimum absolute atomic E-state index is 0.0146. The number of halogens is 1. The molecular weight excluding hydrogens is 460 g/mol. The molecule has 11 heteroatoms. The number of rotatable bonds is 7. The lowest BCUT2D eigenvalue weighted by molar-refractivity contribution is -0.135. The molecule has 2 heterocycles. The first-order valence-electron chi connectivity index (χ1n) is 10.9. The van der Waals surface area contributed by atoms with Crippen molar-refractivity contribution in [2.75, 3.05) is 32.8 Å². The Morgan fingerprint density at radius 3 is 2.47 bits per heavy atom. The third-order valence-corrected chi connectivity index (χ3v) is 5.42. The number of hydrogen-bond donors (Lipinski definition) is 1. The standard InChI is InChI=1S/C23H25ClN6O4/c1-2-34-23(33)30-13-11-29(12-14-30)22(32)17(9-6-10-25)27-21(31)18-15-19(24)28-20(26-18)16-7-4-3-5-8-16/h3-5,7-8,15,17H,2,6,9,11-14H2,1H3,(H,27,31). The van der Waals surface area contributed by atoms with E-state index in [1.165, 1.54) is 11.0 Å². The maximum Gasteiger partial charge on any atom is 0.409 e. The Balaban J connectivity index is 1.71. The van der Waals surface area contributed by atoms with Gasteiger partial charge in [-0.25, -0.2) is 14.8 Å². The lowest BCUT2D eigenvalue weighted by atomic mass is 10.1. The van der Waals surface area contributed by atoms with Crippen LogP contribution in [0, 0.1) is 11.3 Å². The number of piperazine rings is 1. The molecule has 1 atom stereocenters. The van der Waals surface area contributed by atoms with Crippen molar-refractivity contribution in [2.45, 2.75) is 25.8 Å². The van der Waals surface area contributed by atoms with Crippen molar-refractivity contribution in [1.29, 1.82) is 5.26 Å². The lowest BCUT2D eigenvalue weighted by Gasteiger charge is -2.35. The van der Waals surface area contributed by atoms with Crippen LogP contribution in [-0.2, 0) is 9.53 Å². The van der Waals surface area contributed by atoms with Gasteiger partial charge in [-0.15, -0.1) is 0 Å². The molecule has 178 valence electrons. The molecule has 1 aromatic heterocycles. The second-order valence-electron chi connectivity index (χ2n) is 7.50. The molecule has 0 saturated carbocycles. The van der Waals surface area contributed by atoms with Gasteiger partial charge in [-0.1, -0.05) is 41.9 Å². The number of nitrogens with zero attached hydrogens (tertiary/aromatic N) is 5. The van der Waals surface area contributed by atoms with Crippen molar-refractivity contribution >= 4 is 29.5 Å². The van der Waals surface area contributed by atoms with Crippen molar-refractivity contribution < 1.29 is 19.1 Å². The molecule has 2 aromatic rings. The molecule has 1 fully saturated rings. The molecule has 0 radical (unpaired) electrons. The molecule has 3 amide bonds. The van der Waals surface area contributed by atoms with Crippen molar-refractivity contribution in [3.05, 3.63) is 47.2 Å². The van der Waals surface area contributed by atoms with Gasteiger partial charge in [0.15, 0.2) is 5.82 Å². The van der Waals surface area contributed by atoms with Crippen LogP contribution in [0.5, 0.6) is 0 Å². The zero-order chi connectivity index (χ0) is 24.5. The van der Waals surface area contributed by atoms with E-state index in [4.69, 9.17) is 21.6 Å². The zero-order valence-electron chi connectivity index (χ0n) is 18.7. The average molecular weight is 485 g/mol. The molecule has 1 aliphatic rings. The predicted molar refractivity (Wildman–Crippen MR) is 124 cm³/mol. The summed E-state index contributed by atoms with van der Waals surface area (Å²) in [5.41, 5.74) is 0.705. The number of aromatic nitrogens is 2. The normalized spacial score (nSPS) is 14.1. The summed E-state index contributed by atoms with van der Waals surface area (Å²) in [6.45, 7) is 3.26. The summed E-state index contributed by atoms with van der Waals surface area (Å²) in [5.74, 6) is -0.633. The van der Waals surface area contributed by atoms with Crippen molar-refractivity contribution in [2.24, 2.45) is 0 Å². The minimum Gasteiger partial charge on any atom is -0.450 e. The lowest BCUT2D eigenvalue weighted by Crippen LogP contribution is -2.56. The number of hydrogen-bond acceptors (Lipinski definition) is 7. The van der Waals surface area contributed by atoms with Crippen LogP contribution in [0.2, 0.25) is 5.15 Å². The van der Waals surface area contributed by atoms with Gasteiger partial charge in [-0.2, -0.15) is 5.26 Å². The van der Waals surface area contributed by atoms with Crippen molar-refractivity contribution in [1.82, 2.24) is 25.1 Å². The first-order chi connectivity index (χ1) is 16.4. The topological polar surface area (TPSA) is 129 Å². The van der Waals surface area contributed by atoms with Crippen molar-refractivity contribution in [3.63, 3.8) is 0 Å². The molecule has 0 aliphatic carbocycles. The third-order valence-electron chi connectivity index (χ3n) is 5.23. The van der Waals surface area contributed by atoms with E-state index in [1.54, 1.807) is 24.0 Å². The van der Waals surface area contributed by atoms with Crippen LogP contribution in [0.3, 0.4) is 0 Å². The van der Waals surface area contributed by atoms with Gasteiger partial charge in [0.1, 0.15) is 16.9 Å². The van der Waals surface area contributed by atoms with Gasteiger partial charge in [0, 0.05) is 44.2 Å². The Bertz CT molecular complexity index is 1070. The largest absolute Gasteiger partial charge is 0.450 e. The van der Waals surface area contributed by atoms with Crippen LogP contribution < -0.4 is 5.32 Å². The molecule has 1 aromatic carbocycles. The Hall–Kier alpha value is -3.71. The highest BCUT2D eigenvalue weighted by Crippen LogP contribution is 2.18. The van der Waals surface area contributed by atoms with Crippen LogP contribution in [0.1, 0.15) is 30.3 Å². The fourth-order valence-corrected chi connectivity index (χ4v) is 3.68. The second kappa shape index (κ2) is 12.0. The monoisotopic (exact) mass is 484 g/mol. The van der Waals surface area contributed by atoms with E-state index in [0.717, 1.165) is 0 Å². The summed E-state index contributed by atoms with van der Waals surface area (Å²) in [6.07, 6.45) is -0.193. The Morgan fingerprint density at radius 2 is 1.82 bits per heavy atom. The van der Waals surface area contributed by atoms with Gasteiger partial charge in [0.25, 0.3) is 5.91 Å². The van der Waals surface area contributed by atoms with Crippen LogP contribution in [0.15, 0.2) is 36.4 Å². The summed E-state index contributed by atoms with van der Waals surface area (Å²) < 4.78 is 5.00. The van der Waals surface area contributed by atoms with E-state index in [2.05, 4.69) is 15.3 Å². The molecule has 1 unspecified atom stereocenters. The van der Waals surface area contributed by atoms with Gasteiger partial charge < -0.3 is 19.9 Å². The summed E-state index contributed by atoms with van der Waals surface area (Å²) in [6, 6.07) is 11.5. The van der Waals surface area contributed by atoms with Crippen LogP contribution in [-0.4, -0.2) is 76.5 Å².